The Morgan fingerprint density at radius 2 is 2.13 bits per heavy atom. The zero-order chi connectivity index (χ0) is 15.6. The lowest BCUT2D eigenvalue weighted by Gasteiger charge is -2.23. The summed E-state index contributed by atoms with van der Waals surface area (Å²) < 4.78 is 1.87. The Hall–Kier alpha value is -2.41. The predicted molar refractivity (Wildman–Crippen MR) is 93.5 cm³/mol. The second-order valence-corrected chi connectivity index (χ2v) is 6.02. The maximum atomic E-state index is 4.88. The molecule has 116 valence electrons. The average molecular weight is 306 g/mol. The Bertz CT molecular complexity index is 810. The fourth-order valence-electron chi connectivity index (χ4n) is 3.09. The van der Waals surface area contributed by atoms with Gasteiger partial charge in [0.2, 0.25) is 0 Å². The number of nitrogens with zero attached hydrogens (tertiary/aromatic N) is 4. The molecule has 2 N–H and O–H groups in total. The van der Waals surface area contributed by atoms with Crippen molar-refractivity contribution in [3.8, 4) is 0 Å². The van der Waals surface area contributed by atoms with Crippen molar-refractivity contribution < 1.29 is 0 Å². The van der Waals surface area contributed by atoms with Crippen LogP contribution < -0.4 is 16.1 Å². The molecule has 6 nitrogen and oxygen atoms in total. The number of anilines is 2. The number of piperidine rings is 1. The molecule has 1 aliphatic heterocycles. The molecule has 0 spiro atoms. The van der Waals surface area contributed by atoms with E-state index in [0.29, 0.717) is 5.92 Å². The highest BCUT2D eigenvalue weighted by molar-refractivity contribution is 6.36. The molecule has 0 amide bonds. The van der Waals surface area contributed by atoms with Gasteiger partial charge in [-0.15, -0.1) is 0 Å². The molecule has 0 radical (unpaired) electrons. The van der Waals surface area contributed by atoms with Gasteiger partial charge in [-0.3, -0.25) is 4.98 Å². The summed E-state index contributed by atoms with van der Waals surface area (Å²) in [6.45, 7) is 2.11. The SMILES string of the molecule is Bc1cnn2c(Nc3cccnc3)cc(C3CCNCC3)nc12. The van der Waals surface area contributed by atoms with Crippen molar-refractivity contribution in [1.82, 2.24) is 24.9 Å². The number of aromatic nitrogens is 4. The van der Waals surface area contributed by atoms with E-state index in [1.807, 2.05) is 29.0 Å². The summed E-state index contributed by atoms with van der Waals surface area (Å²) in [5, 5.41) is 11.3. The molecule has 3 aromatic heterocycles. The molecular weight excluding hydrogens is 287 g/mol. The van der Waals surface area contributed by atoms with Gasteiger partial charge in [0.15, 0.2) is 5.65 Å². The highest BCUT2D eigenvalue weighted by Gasteiger charge is 2.19. The molecule has 4 heterocycles. The first-order chi connectivity index (χ1) is 11.3. The maximum Gasteiger partial charge on any atom is 0.151 e. The zero-order valence-corrected chi connectivity index (χ0v) is 13.2. The third-order valence-corrected chi connectivity index (χ3v) is 4.36. The molecule has 0 aromatic carbocycles. The van der Waals surface area contributed by atoms with Gasteiger partial charge in [-0.2, -0.15) is 9.61 Å². The molecule has 0 bridgehead atoms. The van der Waals surface area contributed by atoms with Crippen molar-refractivity contribution >= 4 is 30.5 Å². The van der Waals surface area contributed by atoms with Gasteiger partial charge < -0.3 is 10.6 Å². The normalized spacial score (nSPS) is 15.8. The number of hydrogen-bond donors (Lipinski definition) is 2. The molecule has 1 aliphatic rings. The van der Waals surface area contributed by atoms with E-state index in [1.54, 1.807) is 6.20 Å². The molecule has 4 rings (SSSR count). The van der Waals surface area contributed by atoms with Gasteiger partial charge in [0.05, 0.1) is 11.9 Å². The molecule has 23 heavy (non-hydrogen) atoms. The van der Waals surface area contributed by atoms with Crippen LogP contribution in [-0.4, -0.2) is 40.5 Å². The Morgan fingerprint density at radius 3 is 2.91 bits per heavy atom. The fraction of sp³-hybridized carbons (Fsp3) is 0.312. The summed E-state index contributed by atoms with van der Waals surface area (Å²) in [4.78, 5) is 9.04. The van der Waals surface area contributed by atoms with Gasteiger partial charge in [0, 0.05) is 30.1 Å². The van der Waals surface area contributed by atoms with Crippen LogP contribution in [0.15, 0.2) is 36.8 Å². The van der Waals surface area contributed by atoms with Crippen LogP contribution in [0.5, 0.6) is 0 Å². The van der Waals surface area contributed by atoms with E-state index in [2.05, 4.69) is 34.6 Å². The molecule has 0 saturated carbocycles. The Labute approximate surface area is 135 Å². The highest BCUT2D eigenvalue weighted by atomic mass is 15.3. The molecule has 7 heteroatoms. The minimum Gasteiger partial charge on any atom is -0.339 e. The topological polar surface area (TPSA) is 67.1 Å². The van der Waals surface area contributed by atoms with Crippen LogP contribution in [0.4, 0.5) is 11.5 Å². The van der Waals surface area contributed by atoms with E-state index < -0.39 is 0 Å². The number of pyridine rings is 1. The smallest absolute Gasteiger partial charge is 0.151 e. The molecule has 1 saturated heterocycles. The van der Waals surface area contributed by atoms with E-state index in [-0.39, 0.29) is 0 Å². The number of rotatable bonds is 3. The number of nitrogens with one attached hydrogen (secondary N) is 2. The van der Waals surface area contributed by atoms with Crippen LogP contribution in [0.3, 0.4) is 0 Å². The lowest BCUT2D eigenvalue weighted by atomic mass is 9.94. The van der Waals surface area contributed by atoms with Crippen LogP contribution in [0.2, 0.25) is 0 Å². The number of fused-ring (bicyclic) bond motifs is 1. The van der Waals surface area contributed by atoms with E-state index in [1.165, 1.54) is 0 Å². The first-order valence-corrected chi connectivity index (χ1v) is 8.04. The first kappa shape index (κ1) is 14.2. The molecule has 0 atom stereocenters. The minimum atomic E-state index is 0.505. The second-order valence-electron chi connectivity index (χ2n) is 6.02. The van der Waals surface area contributed by atoms with Crippen LogP contribution in [0.1, 0.15) is 24.5 Å². The Kier molecular flexibility index (Phi) is 3.71. The molecule has 1 fully saturated rings. The van der Waals surface area contributed by atoms with Gasteiger partial charge in [-0.1, -0.05) is 0 Å². The lowest BCUT2D eigenvalue weighted by Crippen LogP contribution is -2.27. The highest BCUT2D eigenvalue weighted by Crippen LogP contribution is 2.27. The average Bonchev–Trinajstić information content (AvgIpc) is 2.98. The fourth-order valence-corrected chi connectivity index (χ4v) is 3.09. The molecule has 0 unspecified atom stereocenters. The summed E-state index contributed by atoms with van der Waals surface area (Å²) in [5.74, 6) is 1.44. The van der Waals surface area contributed by atoms with Gasteiger partial charge in [-0.05, 0) is 43.5 Å². The zero-order valence-electron chi connectivity index (χ0n) is 13.2. The van der Waals surface area contributed by atoms with Crippen LogP contribution in [0.25, 0.3) is 5.65 Å². The molecule has 3 aromatic rings. The summed E-state index contributed by atoms with van der Waals surface area (Å²) in [5.41, 5.74) is 4.11. The summed E-state index contributed by atoms with van der Waals surface area (Å²) >= 11 is 0. The van der Waals surface area contributed by atoms with E-state index in [4.69, 9.17) is 4.98 Å². The largest absolute Gasteiger partial charge is 0.339 e. The van der Waals surface area contributed by atoms with Gasteiger partial charge in [-0.25, -0.2) is 4.98 Å². The van der Waals surface area contributed by atoms with Crippen molar-refractivity contribution in [3.63, 3.8) is 0 Å². The first-order valence-electron chi connectivity index (χ1n) is 8.04. The second kappa shape index (κ2) is 6.00. The van der Waals surface area contributed by atoms with Gasteiger partial charge in [0.25, 0.3) is 0 Å². The third-order valence-electron chi connectivity index (χ3n) is 4.36. The van der Waals surface area contributed by atoms with Crippen molar-refractivity contribution in [2.45, 2.75) is 18.8 Å². The van der Waals surface area contributed by atoms with E-state index in [0.717, 1.165) is 54.2 Å². The Morgan fingerprint density at radius 1 is 1.26 bits per heavy atom. The lowest BCUT2D eigenvalue weighted by molar-refractivity contribution is 0.453. The van der Waals surface area contributed by atoms with E-state index in [9.17, 15) is 0 Å². The molecular formula is C16H19BN6. The van der Waals surface area contributed by atoms with Crippen molar-refractivity contribution in [3.05, 3.63) is 42.5 Å². The Balaban J connectivity index is 1.78. The van der Waals surface area contributed by atoms with Gasteiger partial charge >= 0.3 is 0 Å². The molecule has 0 aliphatic carbocycles. The predicted octanol–water partition coefficient (Wildman–Crippen LogP) is 0.593. The third kappa shape index (κ3) is 2.79. The minimum absolute atomic E-state index is 0.505. The van der Waals surface area contributed by atoms with Crippen molar-refractivity contribution in [2.24, 2.45) is 0 Å². The maximum absolute atomic E-state index is 4.88. The summed E-state index contributed by atoms with van der Waals surface area (Å²) in [6, 6.07) is 6.05. The monoisotopic (exact) mass is 306 g/mol. The standard InChI is InChI=1S/C16H19BN6/c17-13-10-20-23-15(21-12-2-1-5-19-9-12)8-14(22-16(13)23)11-3-6-18-7-4-11/h1-2,5,8-11,18,21H,3-4,6-7,17H2. The summed E-state index contributed by atoms with van der Waals surface area (Å²) in [6.07, 6.45) is 7.70. The van der Waals surface area contributed by atoms with E-state index >= 15 is 0 Å². The van der Waals surface area contributed by atoms with Gasteiger partial charge in [0.1, 0.15) is 13.7 Å². The summed E-state index contributed by atoms with van der Waals surface area (Å²) in [7, 11) is 2.05. The van der Waals surface area contributed by atoms with Crippen LogP contribution in [-0.2, 0) is 0 Å². The number of hydrogen-bond acceptors (Lipinski definition) is 5. The van der Waals surface area contributed by atoms with Crippen LogP contribution >= 0.6 is 0 Å². The quantitative estimate of drug-likeness (QED) is 0.694. The van der Waals surface area contributed by atoms with Crippen molar-refractivity contribution in [2.75, 3.05) is 18.4 Å². The van der Waals surface area contributed by atoms with Crippen LogP contribution in [0, 0.1) is 0 Å². The van der Waals surface area contributed by atoms with Crippen molar-refractivity contribution in [1.29, 1.82) is 0 Å².